The SMILES string of the molecule is COc1nc(CNC(CCO)C(=O)O)nc2c1CN(c1cccc(-c3ccccc3)c1Cl)C2. The van der Waals surface area contributed by atoms with Gasteiger partial charge in [0, 0.05) is 12.2 Å². The van der Waals surface area contributed by atoms with Gasteiger partial charge in [-0.1, -0.05) is 54.1 Å². The molecule has 9 heteroatoms. The highest BCUT2D eigenvalue weighted by molar-refractivity contribution is 6.36. The number of aliphatic carboxylic acids is 1. The van der Waals surface area contributed by atoms with Crippen LogP contribution in [0.2, 0.25) is 5.02 Å². The molecule has 1 atom stereocenters. The minimum atomic E-state index is -1.03. The molecule has 33 heavy (non-hydrogen) atoms. The van der Waals surface area contributed by atoms with Crippen molar-refractivity contribution in [2.75, 3.05) is 18.6 Å². The summed E-state index contributed by atoms with van der Waals surface area (Å²) in [7, 11) is 1.55. The fourth-order valence-corrected chi connectivity index (χ4v) is 4.31. The normalized spacial score (nSPS) is 13.6. The number of carboxylic acids is 1. The van der Waals surface area contributed by atoms with Crippen LogP contribution in [0.4, 0.5) is 5.69 Å². The number of aromatic nitrogens is 2. The topological polar surface area (TPSA) is 108 Å². The minimum absolute atomic E-state index is 0.0987. The fourth-order valence-electron chi connectivity index (χ4n) is 3.95. The lowest BCUT2D eigenvalue weighted by atomic mass is 10.0. The zero-order valence-corrected chi connectivity index (χ0v) is 18.9. The lowest BCUT2D eigenvalue weighted by Crippen LogP contribution is -2.37. The Kier molecular flexibility index (Phi) is 7.08. The Morgan fingerprint density at radius 3 is 2.67 bits per heavy atom. The van der Waals surface area contributed by atoms with Crippen molar-refractivity contribution in [1.29, 1.82) is 0 Å². The number of nitrogens with zero attached hydrogens (tertiary/aromatic N) is 3. The molecule has 0 saturated carbocycles. The molecule has 0 spiro atoms. The maximum Gasteiger partial charge on any atom is 0.320 e. The Bertz CT molecular complexity index is 1140. The Balaban J connectivity index is 1.58. The average molecular weight is 469 g/mol. The quantitative estimate of drug-likeness (QED) is 0.439. The van der Waals surface area contributed by atoms with E-state index in [0.29, 0.717) is 29.8 Å². The smallest absolute Gasteiger partial charge is 0.320 e. The van der Waals surface area contributed by atoms with E-state index in [1.165, 1.54) is 0 Å². The number of hydrogen-bond acceptors (Lipinski definition) is 7. The van der Waals surface area contributed by atoms with Gasteiger partial charge in [0.15, 0.2) is 0 Å². The van der Waals surface area contributed by atoms with E-state index in [-0.39, 0.29) is 19.6 Å². The highest BCUT2D eigenvalue weighted by Gasteiger charge is 2.28. The monoisotopic (exact) mass is 468 g/mol. The number of nitrogens with one attached hydrogen (secondary N) is 1. The maximum absolute atomic E-state index is 11.3. The number of aliphatic hydroxyl groups is 1. The zero-order chi connectivity index (χ0) is 23.4. The largest absolute Gasteiger partial charge is 0.481 e. The van der Waals surface area contributed by atoms with Gasteiger partial charge in [-0.2, -0.15) is 4.98 Å². The number of benzene rings is 2. The zero-order valence-electron chi connectivity index (χ0n) is 18.2. The van der Waals surface area contributed by atoms with Crippen molar-refractivity contribution in [3.8, 4) is 17.0 Å². The Morgan fingerprint density at radius 1 is 1.18 bits per heavy atom. The van der Waals surface area contributed by atoms with Gasteiger partial charge in [-0.15, -0.1) is 0 Å². The van der Waals surface area contributed by atoms with Gasteiger partial charge >= 0.3 is 5.97 Å². The van der Waals surface area contributed by atoms with Crippen LogP contribution < -0.4 is 15.0 Å². The number of carboxylic acid groups (broad SMARTS) is 1. The highest BCUT2D eigenvalue weighted by atomic mass is 35.5. The van der Waals surface area contributed by atoms with E-state index in [0.717, 1.165) is 28.1 Å². The average Bonchev–Trinajstić information content (AvgIpc) is 3.25. The molecule has 0 fully saturated rings. The summed E-state index contributed by atoms with van der Waals surface area (Å²) in [6.45, 7) is 0.992. The number of anilines is 1. The van der Waals surface area contributed by atoms with Crippen molar-refractivity contribution >= 4 is 23.3 Å². The van der Waals surface area contributed by atoms with Crippen molar-refractivity contribution in [3.63, 3.8) is 0 Å². The molecule has 1 aliphatic rings. The molecule has 0 saturated heterocycles. The third kappa shape index (κ3) is 4.93. The Hall–Kier alpha value is -3.20. The van der Waals surface area contributed by atoms with Crippen LogP contribution in [0.25, 0.3) is 11.1 Å². The number of carbonyl (C=O) groups is 1. The van der Waals surface area contributed by atoms with Crippen molar-refractivity contribution < 1.29 is 19.7 Å². The first kappa shape index (κ1) is 23.0. The number of hydrogen-bond donors (Lipinski definition) is 3. The summed E-state index contributed by atoms with van der Waals surface area (Å²) in [5.41, 5.74) is 4.59. The molecule has 2 aromatic carbocycles. The van der Waals surface area contributed by atoms with Crippen LogP contribution >= 0.6 is 11.6 Å². The molecule has 8 nitrogen and oxygen atoms in total. The van der Waals surface area contributed by atoms with Gasteiger partial charge in [-0.05, 0) is 18.1 Å². The summed E-state index contributed by atoms with van der Waals surface area (Å²) in [5, 5.41) is 21.9. The third-order valence-corrected chi connectivity index (χ3v) is 6.01. The molecule has 2 heterocycles. The number of fused-ring (bicyclic) bond motifs is 1. The number of halogens is 1. The molecular formula is C24H25ClN4O4. The summed E-state index contributed by atoms with van der Waals surface area (Å²) < 4.78 is 5.51. The molecule has 1 aromatic heterocycles. The fraction of sp³-hybridized carbons (Fsp3) is 0.292. The van der Waals surface area contributed by atoms with E-state index < -0.39 is 12.0 Å². The molecule has 0 radical (unpaired) electrons. The number of methoxy groups -OCH3 is 1. The first-order chi connectivity index (χ1) is 16.0. The van der Waals surface area contributed by atoms with E-state index in [1.807, 2.05) is 48.5 Å². The molecule has 172 valence electrons. The highest BCUT2D eigenvalue weighted by Crippen LogP contribution is 2.40. The van der Waals surface area contributed by atoms with Gasteiger partial charge in [0.2, 0.25) is 5.88 Å². The summed E-state index contributed by atoms with van der Waals surface area (Å²) in [4.78, 5) is 22.6. The van der Waals surface area contributed by atoms with E-state index in [2.05, 4.69) is 20.2 Å². The van der Waals surface area contributed by atoms with Crippen molar-refractivity contribution in [1.82, 2.24) is 15.3 Å². The Morgan fingerprint density at radius 2 is 1.97 bits per heavy atom. The van der Waals surface area contributed by atoms with Crippen LogP contribution in [0.1, 0.15) is 23.5 Å². The number of ether oxygens (including phenoxy) is 1. The number of aliphatic hydroxyl groups excluding tert-OH is 1. The van der Waals surface area contributed by atoms with Crippen LogP contribution in [0, 0.1) is 0 Å². The Labute approximate surface area is 196 Å². The standard InChI is InChI=1S/C24H25ClN4O4/c1-33-23-17-13-29(20-9-5-8-16(22(20)25)15-6-3-2-4-7-15)14-19(17)27-21(28-23)12-26-18(10-11-30)24(31)32/h2-9,18,26,30H,10-14H2,1H3,(H,31,32). The van der Waals surface area contributed by atoms with Crippen LogP contribution in [0.5, 0.6) is 5.88 Å². The molecule has 0 bridgehead atoms. The second-order valence-corrected chi connectivity index (χ2v) is 8.10. The molecular weight excluding hydrogens is 444 g/mol. The summed E-state index contributed by atoms with van der Waals surface area (Å²) >= 11 is 6.82. The van der Waals surface area contributed by atoms with Gasteiger partial charge in [0.1, 0.15) is 11.9 Å². The van der Waals surface area contributed by atoms with Gasteiger partial charge in [-0.3, -0.25) is 10.1 Å². The second-order valence-electron chi connectivity index (χ2n) is 7.72. The molecule has 1 aliphatic heterocycles. The predicted octanol–water partition coefficient (Wildman–Crippen LogP) is 3.25. The predicted molar refractivity (Wildman–Crippen MR) is 125 cm³/mol. The molecule has 1 unspecified atom stereocenters. The lowest BCUT2D eigenvalue weighted by molar-refractivity contribution is -0.140. The van der Waals surface area contributed by atoms with Gasteiger partial charge < -0.3 is 19.8 Å². The van der Waals surface area contributed by atoms with Crippen molar-refractivity contribution in [3.05, 3.63) is 70.6 Å². The minimum Gasteiger partial charge on any atom is -0.481 e. The maximum atomic E-state index is 11.3. The van der Waals surface area contributed by atoms with E-state index in [9.17, 15) is 9.90 Å². The summed E-state index contributed by atoms with van der Waals surface area (Å²) in [5.74, 6) is -0.138. The van der Waals surface area contributed by atoms with Crippen LogP contribution in [0.15, 0.2) is 48.5 Å². The van der Waals surface area contributed by atoms with Crippen LogP contribution in [0.3, 0.4) is 0 Å². The first-order valence-corrected chi connectivity index (χ1v) is 11.0. The summed E-state index contributed by atoms with van der Waals surface area (Å²) in [6, 6.07) is 15.1. The van der Waals surface area contributed by atoms with Gasteiger partial charge in [-0.25, -0.2) is 4.98 Å². The third-order valence-electron chi connectivity index (χ3n) is 5.61. The first-order valence-electron chi connectivity index (χ1n) is 10.6. The van der Waals surface area contributed by atoms with Crippen LogP contribution in [-0.4, -0.2) is 45.9 Å². The molecule has 3 aromatic rings. The van der Waals surface area contributed by atoms with Gasteiger partial charge in [0.25, 0.3) is 0 Å². The molecule has 0 aliphatic carbocycles. The number of rotatable bonds is 9. The van der Waals surface area contributed by atoms with Gasteiger partial charge in [0.05, 0.1) is 48.7 Å². The lowest BCUT2D eigenvalue weighted by Gasteiger charge is -2.20. The van der Waals surface area contributed by atoms with E-state index in [4.69, 9.17) is 21.4 Å². The van der Waals surface area contributed by atoms with Crippen molar-refractivity contribution in [2.45, 2.75) is 32.1 Å². The van der Waals surface area contributed by atoms with Crippen molar-refractivity contribution in [2.24, 2.45) is 0 Å². The summed E-state index contributed by atoms with van der Waals surface area (Å²) in [6.07, 6.45) is 0.0987. The molecule has 0 amide bonds. The molecule has 4 rings (SSSR count). The van der Waals surface area contributed by atoms with E-state index >= 15 is 0 Å². The second kappa shape index (κ2) is 10.2. The van der Waals surface area contributed by atoms with E-state index in [1.54, 1.807) is 7.11 Å². The molecule has 3 N–H and O–H groups in total. The van der Waals surface area contributed by atoms with Crippen LogP contribution in [-0.2, 0) is 24.4 Å².